The molecule has 4 saturated carbocycles. The molecule has 6 fully saturated rings. The van der Waals surface area contributed by atoms with E-state index in [9.17, 15) is 39.0 Å². The summed E-state index contributed by atoms with van der Waals surface area (Å²) < 4.78 is 49.3. The standard InChI is InChI=1S/C59H81NO16/c1-33(2)8-19-45(62)34(3)59(68)48(75-56-52(72-35(4)61)47(25-29-71-56)74-55-51(46(63)24-28-70-55)76-54(67)38-13-16-40(69-7)17-14-38)31-44-42-18-15-39-30-41(22-26-57(39,5)43(42)23-27-58(44,59)6)73-53(66)37-11-9-36(10-12-37)32-60-49(64)20-21-50(60)65/h13-17,20-21,33-34,36-37,41-44,46-48,51-52,55-56,63,68H,8-12,18-19,22-32H2,1-7H3/t34-,36?,37?,41+,42?,43?,44?,46+,47+,48+,51?,52-,55+,56?,57+,58+,59-/m1/s1. The van der Waals surface area contributed by atoms with Crippen LogP contribution in [0.4, 0.5) is 0 Å². The van der Waals surface area contributed by atoms with Crippen LogP contribution in [0.25, 0.3) is 0 Å². The van der Waals surface area contributed by atoms with Crippen LogP contribution in [0.15, 0.2) is 48.1 Å². The number of aliphatic hydroxyl groups excluding tert-OH is 1. The monoisotopic (exact) mass is 1060 g/mol. The van der Waals surface area contributed by atoms with Gasteiger partial charge in [0.15, 0.2) is 24.8 Å². The number of ketones is 1. The molecule has 76 heavy (non-hydrogen) atoms. The number of methoxy groups -OCH3 is 1. The average molecular weight is 1060 g/mol. The molecule has 5 unspecified atom stereocenters. The van der Waals surface area contributed by atoms with E-state index >= 15 is 0 Å². The normalized spacial score (nSPS) is 38.6. The van der Waals surface area contributed by atoms with Crippen molar-refractivity contribution < 1.29 is 76.9 Å². The molecule has 8 aliphatic rings. The Hall–Kier alpha value is -4.52. The third-order valence-corrected chi connectivity index (χ3v) is 19.4. The third kappa shape index (κ3) is 11.1. The zero-order valence-corrected chi connectivity index (χ0v) is 45.5. The Morgan fingerprint density at radius 2 is 1.50 bits per heavy atom. The Bertz CT molecular complexity index is 2360. The van der Waals surface area contributed by atoms with Gasteiger partial charge in [0.25, 0.3) is 11.8 Å². The molecule has 3 heterocycles. The number of aliphatic hydroxyl groups is 2. The molecule has 3 aliphatic heterocycles. The first kappa shape index (κ1) is 56.2. The van der Waals surface area contributed by atoms with E-state index in [1.807, 2.05) is 6.92 Å². The summed E-state index contributed by atoms with van der Waals surface area (Å²) in [6.07, 6.45) is 6.14. The number of esters is 3. The lowest BCUT2D eigenvalue weighted by Gasteiger charge is -2.59. The van der Waals surface area contributed by atoms with Gasteiger partial charge >= 0.3 is 17.9 Å². The van der Waals surface area contributed by atoms with Crippen LogP contribution in [0.5, 0.6) is 5.75 Å². The molecule has 5 aliphatic carbocycles. The molecule has 2 N–H and O–H groups in total. The molecule has 0 spiro atoms. The Morgan fingerprint density at radius 1 is 0.816 bits per heavy atom. The largest absolute Gasteiger partial charge is 0.497 e. The molecule has 418 valence electrons. The number of amides is 2. The predicted molar refractivity (Wildman–Crippen MR) is 274 cm³/mol. The molecular formula is C59H81NO16. The summed E-state index contributed by atoms with van der Waals surface area (Å²) in [6.45, 7) is 12.4. The molecule has 17 nitrogen and oxygen atoms in total. The van der Waals surface area contributed by atoms with Crippen molar-refractivity contribution in [3.8, 4) is 5.75 Å². The summed E-state index contributed by atoms with van der Waals surface area (Å²) in [4.78, 5) is 79.9. The van der Waals surface area contributed by atoms with Crippen LogP contribution in [0.1, 0.15) is 148 Å². The fourth-order valence-electron chi connectivity index (χ4n) is 14.9. The smallest absolute Gasteiger partial charge is 0.338 e. The summed E-state index contributed by atoms with van der Waals surface area (Å²) >= 11 is 0. The van der Waals surface area contributed by atoms with Gasteiger partial charge in [0.05, 0.1) is 44.0 Å². The Balaban J connectivity index is 0.906. The summed E-state index contributed by atoms with van der Waals surface area (Å²) in [5.74, 6) is -1.70. The van der Waals surface area contributed by atoms with Gasteiger partial charge in [-0.2, -0.15) is 0 Å². The van der Waals surface area contributed by atoms with Gasteiger partial charge in [-0.3, -0.25) is 28.9 Å². The minimum Gasteiger partial charge on any atom is -0.497 e. The van der Waals surface area contributed by atoms with Crippen LogP contribution < -0.4 is 4.74 Å². The maximum absolute atomic E-state index is 14.4. The highest BCUT2D eigenvalue weighted by molar-refractivity contribution is 6.12. The van der Waals surface area contributed by atoms with Crippen LogP contribution >= 0.6 is 0 Å². The number of hydrogen-bond acceptors (Lipinski definition) is 16. The van der Waals surface area contributed by atoms with E-state index in [-0.39, 0.29) is 102 Å². The second-order valence-corrected chi connectivity index (χ2v) is 24.1. The van der Waals surface area contributed by atoms with Crippen molar-refractivity contribution in [3.63, 3.8) is 0 Å². The molecule has 0 radical (unpaired) electrons. The molecule has 2 saturated heterocycles. The lowest BCUT2D eigenvalue weighted by molar-refractivity contribution is -0.322. The van der Waals surface area contributed by atoms with Gasteiger partial charge in [-0.1, -0.05) is 46.3 Å². The van der Waals surface area contributed by atoms with Crippen molar-refractivity contribution in [1.29, 1.82) is 0 Å². The number of Topliss-reactive ketones (excluding diaryl/α,β-unsaturated/α-hetero) is 1. The van der Waals surface area contributed by atoms with Gasteiger partial charge in [0.2, 0.25) is 0 Å². The van der Waals surface area contributed by atoms with Gasteiger partial charge < -0.3 is 48.1 Å². The highest BCUT2D eigenvalue weighted by Gasteiger charge is 2.70. The molecular weight excluding hydrogens is 979 g/mol. The quantitative estimate of drug-likeness (QED) is 0.0673. The Kier molecular flexibility index (Phi) is 17.1. The second-order valence-electron chi connectivity index (χ2n) is 24.1. The molecule has 17 heteroatoms. The SMILES string of the molecule is COc1ccc(C(=O)OC2[C@H](O[C@H]3CCOC(O[C@H]4CC5C6CC=C7C[C@@H](OC(=O)C8CCC(CN9C(=O)C=CC9=O)CC8)CC[C@]7(C)C6CC[C@]5(C)[C@@]4(O)[C@H](C)C(=O)CCC(C)C)[C@@H]3OC(C)=O)OCC[C@@H]2O)cc1. The van der Waals surface area contributed by atoms with E-state index in [1.54, 1.807) is 24.3 Å². The minimum absolute atomic E-state index is 0.0364. The van der Waals surface area contributed by atoms with Crippen molar-refractivity contribution >= 4 is 35.5 Å². The predicted octanol–water partition coefficient (Wildman–Crippen LogP) is 7.36. The van der Waals surface area contributed by atoms with Gasteiger partial charge in [-0.05, 0) is 130 Å². The first-order valence-electron chi connectivity index (χ1n) is 28.2. The molecule has 15 atom stereocenters. The maximum atomic E-state index is 14.4. The molecule has 1 aromatic rings. The van der Waals surface area contributed by atoms with Gasteiger partial charge in [-0.25, -0.2) is 4.79 Å². The average Bonchev–Trinajstić information content (AvgIpc) is 3.96. The second kappa shape index (κ2) is 23.1. The van der Waals surface area contributed by atoms with Crippen molar-refractivity contribution in [2.75, 3.05) is 26.9 Å². The number of imide groups is 1. The van der Waals surface area contributed by atoms with Crippen LogP contribution in [0, 0.1) is 52.3 Å². The number of benzene rings is 1. The molecule has 0 aromatic heterocycles. The van der Waals surface area contributed by atoms with Crippen LogP contribution in [-0.4, -0.2) is 132 Å². The first-order valence-corrected chi connectivity index (χ1v) is 28.2. The van der Waals surface area contributed by atoms with Gasteiger partial charge in [0.1, 0.15) is 29.3 Å². The van der Waals surface area contributed by atoms with Crippen molar-refractivity contribution in [1.82, 2.24) is 4.90 Å². The van der Waals surface area contributed by atoms with Gasteiger partial charge in [-0.15, -0.1) is 0 Å². The van der Waals surface area contributed by atoms with Crippen molar-refractivity contribution in [3.05, 3.63) is 53.6 Å². The summed E-state index contributed by atoms with van der Waals surface area (Å²) in [7, 11) is 1.52. The summed E-state index contributed by atoms with van der Waals surface area (Å²) in [6, 6.07) is 6.37. The number of fused-ring (bicyclic) bond motifs is 5. The Labute approximate surface area is 447 Å². The van der Waals surface area contributed by atoms with Gasteiger partial charge in [0, 0.05) is 62.6 Å². The summed E-state index contributed by atoms with van der Waals surface area (Å²) in [5.41, 5.74) is -0.991. The lowest BCUT2D eigenvalue weighted by atomic mass is 9.46. The molecule has 0 bridgehead atoms. The zero-order valence-electron chi connectivity index (χ0n) is 45.5. The fourth-order valence-corrected chi connectivity index (χ4v) is 14.9. The van der Waals surface area contributed by atoms with Crippen LogP contribution in [0.3, 0.4) is 0 Å². The number of nitrogens with zero attached hydrogens (tertiary/aromatic N) is 1. The number of ether oxygens (including phenoxy) is 8. The lowest BCUT2D eigenvalue weighted by Crippen LogP contribution is -2.62. The highest BCUT2D eigenvalue weighted by atomic mass is 16.7. The highest BCUT2D eigenvalue weighted by Crippen LogP contribution is 2.69. The van der Waals surface area contributed by atoms with Crippen LogP contribution in [-0.2, 0) is 57.1 Å². The van der Waals surface area contributed by atoms with Crippen LogP contribution in [0.2, 0.25) is 0 Å². The number of allylic oxidation sites excluding steroid dienone is 1. The van der Waals surface area contributed by atoms with E-state index < -0.39 is 72.0 Å². The third-order valence-electron chi connectivity index (χ3n) is 19.4. The Morgan fingerprint density at radius 3 is 2.17 bits per heavy atom. The fraction of sp³-hybridized carbons (Fsp3) is 0.729. The topological polar surface area (TPSA) is 220 Å². The van der Waals surface area contributed by atoms with E-state index in [0.717, 1.165) is 38.5 Å². The number of hydrogen-bond donors (Lipinski definition) is 2. The van der Waals surface area contributed by atoms with Crippen molar-refractivity contribution in [2.45, 2.75) is 193 Å². The molecule has 2 amide bonds. The van der Waals surface area contributed by atoms with E-state index in [0.29, 0.717) is 57.2 Å². The van der Waals surface area contributed by atoms with Crippen molar-refractivity contribution in [2.24, 2.45) is 52.3 Å². The number of carbonyl (C=O) groups is 6. The van der Waals surface area contributed by atoms with E-state index in [1.165, 1.54) is 36.7 Å². The minimum atomic E-state index is -1.64. The van der Waals surface area contributed by atoms with E-state index in [4.69, 9.17) is 37.9 Å². The number of rotatable bonds is 17. The first-order chi connectivity index (χ1) is 36.2. The summed E-state index contributed by atoms with van der Waals surface area (Å²) in [5, 5.41) is 24.8. The molecule has 1 aromatic carbocycles. The zero-order chi connectivity index (χ0) is 54.3. The number of carbonyl (C=O) groups excluding carboxylic acids is 6. The maximum Gasteiger partial charge on any atom is 0.338 e. The van der Waals surface area contributed by atoms with E-state index in [2.05, 4.69) is 33.8 Å². The molecule has 9 rings (SSSR count).